The average Bonchev–Trinajstić information content (AvgIpc) is 3.04. The van der Waals surface area contributed by atoms with E-state index in [0.29, 0.717) is 30.3 Å². The van der Waals surface area contributed by atoms with Crippen molar-refractivity contribution in [3.8, 4) is 0 Å². The molecule has 9 nitrogen and oxygen atoms in total. The third-order valence-corrected chi connectivity index (χ3v) is 6.86. The Morgan fingerprint density at radius 2 is 2.26 bits per heavy atom. The Bertz CT molecular complexity index is 978. The van der Waals surface area contributed by atoms with Gasteiger partial charge < -0.3 is 5.32 Å². The van der Waals surface area contributed by atoms with Crippen molar-refractivity contribution >= 4 is 21.4 Å². The van der Waals surface area contributed by atoms with E-state index < -0.39 is 9.73 Å². The van der Waals surface area contributed by atoms with Crippen LogP contribution in [0.2, 0.25) is 0 Å². The van der Waals surface area contributed by atoms with Gasteiger partial charge in [-0.2, -0.15) is 0 Å². The largest absolute Gasteiger partial charge is 0.365 e. The number of aliphatic imine (C=N–C) groups is 1. The van der Waals surface area contributed by atoms with Gasteiger partial charge in [-0.05, 0) is 52.3 Å². The molecule has 1 aliphatic heterocycles. The van der Waals surface area contributed by atoms with Gasteiger partial charge in [0.05, 0.1) is 6.04 Å². The maximum absolute atomic E-state index is 13.4. The van der Waals surface area contributed by atoms with Crippen LogP contribution in [0.15, 0.2) is 27.8 Å². The summed E-state index contributed by atoms with van der Waals surface area (Å²) < 4.78 is 37.0. The first kappa shape index (κ1) is 17.9. The van der Waals surface area contributed by atoms with Crippen LogP contribution in [0.5, 0.6) is 0 Å². The summed E-state index contributed by atoms with van der Waals surface area (Å²) in [4.78, 5) is 4.40. The average molecular weight is 394 g/mol. The highest BCUT2D eigenvalue weighted by atomic mass is 32.2. The molecule has 11 heteroatoms. The predicted molar refractivity (Wildman–Crippen MR) is 95.8 cm³/mol. The zero-order valence-corrected chi connectivity index (χ0v) is 15.1. The molecule has 0 amide bonds. The van der Waals surface area contributed by atoms with Crippen molar-refractivity contribution in [2.45, 2.75) is 18.9 Å². The summed E-state index contributed by atoms with van der Waals surface area (Å²) in [5.41, 5.74) is 4.03. The number of hydrogen-bond donors (Lipinski definition) is 4. The van der Waals surface area contributed by atoms with E-state index in [1.807, 2.05) is 5.48 Å². The van der Waals surface area contributed by atoms with Gasteiger partial charge in [-0.1, -0.05) is 6.07 Å². The molecular weight excluding hydrogens is 375 g/mol. The van der Waals surface area contributed by atoms with E-state index in [1.54, 1.807) is 6.07 Å². The molecule has 0 saturated carbocycles. The van der Waals surface area contributed by atoms with E-state index in [1.165, 1.54) is 12.1 Å². The summed E-state index contributed by atoms with van der Waals surface area (Å²) in [5.74, 6) is 1.19. The van der Waals surface area contributed by atoms with E-state index in [0.717, 1.165) is 17.5 Å². The Hall–Kier alpha value is -2.53. The molecule has 4 N–H and O–H groups in total. The van der Waals surface area contributed by atoms with E-state index >= 15 is 0 Å². The number of hydrogen-bond acceptors (Lipinski definition) is 8. The van der Waals surface area contributed by atoms with Crippen LogP contribution in [0.1, 0.15) is 29.3 Å². The molecule has 2 heterocycles. The Morgan fingerprint density at radius 1 is 1.44 bits per heavy atom. The molecule has 1 saturated heterocycles. The van der Waals surface area contributed by atoms with Gasteiger partial charge in [0.15, 0.2) is 11.5 Å². The molecule has 2 aliphatic rings. The number of rotatable bonds is 6. The Labute approximate surface area is 155 Å². The topological polar surface area (TPSA) is 136 Å². The van der Waals surface area contributed by atoms with Crippen molar-refractivity contribution in [1.29, 1.82) is 4.78 Å². The second-order valence-corrected chi connectivity index (χ2v) is 9.13. The van der Waals surface area contributed by atoms with Gasteiger partial charge in [0.25, 0.3) is 0 Å². The van der Waals surface area contributed by atoms with Crippen LogP contribution in [0.25, 0.3) is 0 Å². The summed E-state index contributed by atoms with van der Waals surface area (Å²) in [7, 11) is -2.34. The van der Waals surface area contributed by atoms with Gasteiger partial charge in [0.1, 0.15) is 5.82 Å². The van der Waals surface area contributed by atoms with Gasteiger partial charge in [-0.25, -0.2) is 13.2 Å². The quantitative estimate of drug-likeness (QED) is 0.332. The fourth-order valence-electron chi connectivity index (χ4n) is 3.40. The third kappa shape index (κ3) is 3.65. The van der Waals surface area contributed by atoms with Crippen molar-refractivity contribution in [2.24, 2.45) is 10.9 Å². The highest BCUT2D eigenvalue weighted by molar-refractivity contribution is 7.93. The smallest absolute Gasteiger partial charge is 0.202 e. The minimum atomic E-state index is -2.34. The molecule has 0 unspecified atom stereocenters. The van der Waals surface area contributed by atoms with Gasteiger partial charge in [0.2, 0.25) is 5.82 Å². The molecule has 0 spiro atoms. The van der Waals surface area contributed by atoms with Gasteiger partial charge in [-0.3, -0.25) is 20.5 Å². The van der Waals surface area contributed by atoms with Crippen molar-refractivity contribution < 1.29 is 18.4 Å². The van der Waals surface area contributed by atoms with E-state index in [-0.39, 0.29) is 29.3 Å². The molecule has 1 fully saturated rings. The lowest BCUT2D eigenvalue weighted by atomic mass is 9.83. The number of fused-ring (bicyclic) bond motifs is 1. The molecule has 1 aromatic carbocycles. The Balaban J connectivity index is 1.42. The van der Waals surface area contributed by atoms with Gasteiger partial charge in [0, 0.05) is 27.8 Å². The number of benzene rings is 1. The molecule has 1 atom stereocenters. The number of nitrogens with zero attached hydrogens (tertiary/aromatic N) is 3. The first-order valence-electron chi connectivity index (χ1n) is 8.52. The lowest BCUT2D eigenvalue weighted by Gasteiger charge is -2.28. The Morgan fingerprint density at radius 3 is 3.00 bits per heavy atom. The lowest BCUT2D eigenvalue weighted by molar-refractivity contribution is 0.232. The second-order valence-electron chi connectivity index (χ2n) is 6.84. The highest BCUT2D eigenvalue weighted by Gasteiger charge is 2.30. The molecule has 0 radical (unpaired) electrons. The number of aromatic nitrogens is 2. The second kappa shape index (κ2) is 6.89. The molecule has 4 rings (SSSR count). The zero-order chi connectivity index (χ0) is 19.0. The van der Waals surface area contributed by atoms with Crippen LogP contribution in [0.3, 0.4) is 0 Å². The third-order valence-electron chi connectivity index (χ3n) is 4.84. The number of anilines is 1. The first-order valence-corrected chi connectivity index (χ1v) is 10.4. The number of halogens is 1. The molecule has 1 aliphatic carbocycles. The Kier molecular flexibility index (Phi) is 4.56. The molecule has 144 valence electrons. The minimum absolute atomic E-state index is 0.0801. The maximum Gasteiger partial charge on any atom is 0.202 e. The van der Waals surface area contributed by atoms with Crippen LogP contribution in [0, 0.1) is 16.5 Å². The van der Waals surface area contributed by atoms with Gasteiger partial charge in [-0.15, -0.1) is 0 Å². The van der Waals surface area contributed by atoms with Crippen LogP contribution >= 0.6 is 0 Å². The highest BCUT2D eigenvalue weighted by Crippen LogP contribution is 2.37. The number of hydroxylamine groups is 1. The monoisotopic (exact) mass is 394 g/mol. The summed E-state index contributed by atoms with van der Waals surface area (Å²) in [5, 5.41) is 20.1. The van der Waals surface area contributed by atoms with E-state index in [4.69, 9.17) is 9.41 Å². The molecule has 2 aromatic rings. The predicted octanol–water partition coefficient (Wildman–Crippen LogP) is 1.71. The van der Waals surface area contributed by atoms with Crippen molar-refractivity contribution in [3.05, 3.63) is 40.8 Å². The summed E-state index contributed by atoms with van der Waals surface area (Å²) in [6.07, 6.45) is 1.39. The zero-order valence-electron chi connectivity index (χ0n) is 14.3. The van der Waals surface area contributed by atoms with Crippen molar-refractivity contribution in [3.63, 3.8) is 0 Å². The summed E-state index contributed by atoms with van der Waals surface area (Å²) >= 11 is 0. The molecule has 1 aromatic heterocycles. The van der Waals surface area contributed by atoms with E-state index in [9.17, 15) is 13.8 Å². The first-order chi connectivity index (χ1) is 12.9. The lowest BCUT2D eigenvalue weighted by Crippen LogP contribution is -2.36. The van der Waals surface area contributed by atoms with Crippen LogP contribution in [0.4, 0.5) is 10.2 Å². The normalized spacial score (nSPS) is 26.7. The molecule has 27 heavy (non-hydrogen) atoms. The van der Waals surface area contributed by atoms with Crippen molar-refractivity contribution in [1.82, 2.24) is 15.8 Å². The summed E-state index contributed by atoms with van der Waals surface area (Å²) in [6.45, 7) is 0.539. The standard InChI is InChI=1S/C16H19FN6O3S/c17-11-2-1-10-5-13(12(10)6-11)20-16(21-24)14-15(23-26-22-14)19-4-3-9-7-27(18,25)8-9/h1-2,6,9,13,18,24H,3-5,7-8H2,(H,19,23)(H,20,21)/t9?,13-,27?/m0/s1. The van der Waals surface area contributed by atoms with Crippen LogP contribution in [-0.2, 0) is 16.1 Å². The number of amidine groups is 1. The summed E-state index contributed by atoms with van der Waals surface area (Å²) in [6, 6.07) is 4.29. The maximum atomic E-state index is 13.4. The molecule has 0 bridgehead atoms. The van der Waals surface area contributed by atoms with E-state index in [2.05, 4.69) is 20.6 Å². The fourth-order valence-corrected chi connectivity index (χ4v) is 5.16. The number of nitrogens with one attached hydrogen (secondary N) is 3. The fraction of sp³-hybridized carbons (Fsp3) is 0.438. The van der Waals surface area contributed by atoms with Crippen molar-refractivity contribution in [2.75, 3.05) is 23.4 Å². The van der Waals surface area contributed by atoms with Gasteiger partial charge >= 0.3 is 0 Å². The molecular formula is C16H19FN6O3S. The van der Waals surface area contributed by atoms with Crippen LogP contribution < -0.4 is 10.8 Å². The SMILES string of the molecule is N=S1(=O)CC(CCNc2nonc2C(=N[C@H]2Cc3ccc(F)cc32)NO)C1. The minimum Gasteiger partial charge on any atom is -0.365 e. The van der Waals surface area contributed by atoms with Crippen LogP contribution in [-0.4, -0.2) is 43.6 Å².